The summed E-state index contributed by atoms with van der Waals surface area (Å²) in [6, 6.07) is 2.52. The van der Waals surface area contributed by atoms with Crippen LogP contribution in [0.1, 0.15) is 26.3 Å². The summed E-state index contributed by atoms with van der Waals surface area (Å²) in [5.41, 5.74) is 5.14. The molecular weight excluding hydrogens is 264 g/mol. The summed E-state index contributed by atoms with van der Waals surface area (Å²) in [6.45, 7) is 6.02. The monoisotopic (exact) mass is 285 g/mol. The van der Waals surface area contributed by atoms with E-state index in [4.69, 9.17) is 5.73 Å². The van der Waals surface area contributed by atoms with E-state index in [-0.39, 0.29) is 17.8 Å². The molecule has 0 radical (unpaired) electrons. The molecule has 0 atom stereocenters. The molecule has 0 aromatic heterocycles. The fourth-order valence-electron chi connectivity index (χ4n) is 1.76. The third-order valence-electron chi connectivity index (χ3n) is 2.67. The first-order valence-electron chi connectivity index (χ1n) is 6.32. The number of nitrogens with zero attached hydrogens (tertiary/aromatic N) is 1. The Hall–Kier alpha value is -1.69. The van der Waals surface area contributed by atoms with Crippen LogP contribution in [0.4, 0.5) is 14.5 Å². The van der Waals surface area contributed by atoms with Crippen molar-refractivity contribution in [3.05, 3.63) is 29.3 Å². The molecule has 112 valence electrons. The quantitative estimate of drug-likeness (QED) is 0.867. The maximum Gasteiger partial charge on any atom is 0.236 e. The van der Waals surface area contributed by atoms with Crippen LogP contribution in [0.5, 0.6) is 0 Å². The van der Waals surface area contributed by atoms with Crippen molar-refractivity contribution in [2.75, 3.05) is 18.5 Å². The van der Waals surface area contributed by atoms with Crippen LogP contribution < -0.4 is 16.0 Å². The molecule has 0 saturated heterocycles. The highest BCUT2D eigenvalue weighted by Gasteiger charge is 2.17. The van der Waals surface area contributed by atoms with Crippen LogP contribution in [0.3, 0.4) is 0 Å². The summed E-state index contributed by atoms with van der Waals surface area (Å²) in [4.78, 5) is 12.0. The molecule has 3 N–H and O–H groups in total. The molecular formula is C14H21F2N3O. The van der Waals surface area contributed by atoms with Crippen molar-refractivity contribution in [2.45, 2.75) is 32.9 Å². The average Bonchev–Trinajstić information content (AvgIpc) is 2.23. The van der Waals surface area contributed by atoms with Gasteiger partial charge in [-0.1, -0.05) is 0 Å². The fraction of sp³-hybridized carbons (Fsp3) is 0.500. The number of carbonyl (C=O) groups is 1. The molecule has 6 heteroatoms. The van der Waals surface area contributed by atoms with E-state index in [0.717, 1.165) is 4.90 Å². The van der Waals surface area contributed by atoms with E-state index in [1.165, 1.54) is 19.2 Å². The lowest BCUT2D eigenvalue weighted by Crippen LogP contribution is -2.35. The van der Waals surface area contributed by atoms with Gasteiger partial charge in [0.15, 0.2) is 0 Å². The number of carbonyl (C=O) groups excluding carboxylic acids is 1. The predicted octanol–water partition coefficient (Wildman–Crippen LogP) is 1.77. The smallest absolute Gasteiger partial charge is 0.236 e. The van der Waals surface area contributed by atoms with Crippen LogP contribution in [0.15, 0.2) is 12.1 Å². The molecule has 1 aromatic carbocycles. The van der Waals surface area contributed by atoms with Crippen molar-refractivity contribution in [3.8, 4) is 0 Å². The largest absolute Gasteiger partial charge is 0.368 e. The standard InChI is InChI=1S/C14H21F2N3O/c1-14(2,3)18-7-9-5-10(15)13(11(16)6-9)19(4)8-12(17)20/h5-6,18H,7-8H2,1-4H3,(H2,17,20). The van der Waals surface area contributed by atoms with Gasteiger partial charge in [0.1, 0.15) is 17.3 Å². The van der Waals surface area contributed by atoms with Gasteiger partial charge in [0, 0.05) is 19.1 Å². The maximum atomic E-state index is 14.0. The summed E-state index contributed by atoms with van der Waals surface area (Å²) in [5.74, 6) is -2.07. The van der Waals surface area contributed by atoms with Gasteiger partial charge >= 0.3 is 0 Å². The summed E-state index contributed by atoms with van der Waals surface area (Å²) >= 11 is 0. The van der Waals surface area contributed by atoms with Crippen LogP contribution in [0.25, 0.3) is 0 Å². The Morgan fingerprint density at radius 3 is 2.20 bits per heavy atom. The van der Waals surface area contributed by atoms with Gasteiger partial charge in [-0.15, -0.1) is 0 Å². The zero-order chi connectivity index (χ0) is 15.5. The van der Waals surface area contributed by atoms with E-state index in [0.29, 0.717) is 12.1 Å². The Kier molecular flexibility index (Phi) is 5.05. The highest BCUT2D eigenvalue weighted by molar-refractivity contribution is 5.79. The summed E-state index contributed by atoms with van der Waals surface area (Å²) in [6.07, 6.45) is 0. The molecule has 4 nitrogen and oxygen atoms in total. The van der Waals surface area contributed by atoms with Crippen molar-refractivity contribution in [1.29, 1.82) is 0 Å². The number of hydrogen-bond acceptors (Lipinski definition) is 3. The van der Waals surface area contributed by atoms with Crippen molar-refractivity contribution in [3.63, 3.8) is 0 Å². The predicted molar refractivity (Wildman–Crippen MR) is 75.4 cm³/mol. The summed E-state index contributed by atoms with van der Waals surface area (Å²) in [5, 5.41) is 3.15. The van der Waals surface area contributed by atoms with Crippen LogP contribution in [-0.2, 0) is 11.3 Å². The lowest BCUT2D eigenvalue weighted by Gasteiger charge is -2.22. The van der Waals surface area contributed by atoms with Crippen LogP contribution in [-0.4, -0.2) is 25.0 Å². The average molecular weight is 285 g/mol. The van der Waals surface area contributed by atoms with E-state index in [9.17, 15) is 13.6 Å². The number of benzene rings is 1. The highest BCUT2D eigenvalue weighted by Crippen LogP contribution is 2.24. The Morgan fingerprint density at radius 2 is 1.80 bits per heavy atom. The number of primary amides is 1. The van der Waals surface area contributed by atoms with Crippen LogP contribution in [0, 0.1) is 11.6 Å². The second-order valence-corrected chi connectivity index (χ2v) is 5.83. The number of rotatable bonds is 5. The van der Waals surface area contributed by atoms with Crippen molar-refractivity contribution in [2.24, 2.45) is 5.73 Å². The van der Waals surface area contributed by atoms with Crippen LogP contribution in [0.2, 0.25) is 0 Å². The Bertz CT molecular complexity index is 475. The second-order valence-electron chi connectivity index (χ2n) is 5.83. The number of amides is 1. The number of hydrogen-bond donors (Lipinski definition) is 2. The molecule has 0 aliphatic heterocycles. The molecule has 1 amide bonds. The van der Waals surface area contributed by atoms with Gasteiger partial charge in [-0.3, -0.25) is 4.79 Å². The highest BCUT2D eigenvalue weighted by atomic mass is 19.1. The molecule has 0 aliphatic carbocycles. The van der Waals surface area contributed by atoms with Crippen molar-refractivity contribution >= 4 is 11.6 Å². The van der Waals surface area contributed by atoms with Gasteiger partial charge in [-0.05, 0) is 38.5 Å². The van der Waals surface area contributed by atoms with Crippen molar-refractivity contribution in [1.82, 2.24) is 5.32 Å². The van der Waals surface area contributed by atoms with Gasteiger partial charge in [0.2, 0.25) is 5.91 Å². The SMILES string of the molecule is CN(CC(N)=O)c1c(F)cc(CNC(C)(C)C)cc1F. The van der Waals surface area contributed by atoms with Gasteiger partial charge in [0.05, 0.1) is 6.54 Å². The third kappa shape index (κ3) is 4.77. The van der Waals surface area contributed by atoms with Gasteiger partial charge < -0.3 is 16.0 Å². The van der Waals surface area contributed by atoms with Crippen LogP contribution >= 0.6 is 0 Å². The Labute approximate surface area is 117 Å². The lowest BCUT2D eigenvalue weighted by atomic mass is 10.1. The molecule has 1 rings (SSSR count). The summed E-state index contributed by atoms with van der Waals surface area (Å²) < 4.78 is 27.9. The molecule has 0 bridgehead atoms. The molecule has 20 heavy (non-hydrogen) atoms. The van der Waals surface area contributed by atoms with E-state index in [2.05, 4.69) is 5.32 Å². The van der Waals surface area contributed by atoms with Gasteiger partial charge in [-0.25, -0.2) is 8.78 Å². The van der Waals surface area contributed by atoms with Gasteiger partial charge in [0.25, 0.3) is 0 Å². The number of halogens is 2. The number of anilines is 1. The fourth-order valence-corrected chi connectivity index (χ4v) is 1.76. The Balaban J connectivity index is 2.94. The maximum absolute atomic E-state index is 14.0. The molecule has 0 saturated carbocycles. The first-order chi connectivity index (χ1) is 9.10. The van der Waals surface area contributed by atoms with E-state index < -0.39 is 17.5 Å². The Morgan fingerprint density at radius 1 is 1.30 bits per heavy atom. The zero-order valence-electron chi connectivity index (χ0n) is 12.3. The number of nitrogens with one attached hydrogen (secondary N) is 1. The molecule has 0 aliphatic rings. The second kappa shape index (κ2) is 6.17. The van der Waals surface area contributed by atoms with E-state index in [1.807, 2.05) is 20.8 Å². The first kappa shape index (κ1) is 16.4. The minimum Gasteiger partial charge on any atom is -0.368 e. The third-order valence-corrected chi connectivity index (χ3v) is 2.67. The van der Waals surface area contributed by atoms with E-state index in [1.54, 1.807) is 0 Å². The molecule has 0 heterocycles. The van der Waals surface area contributed by atoms with Crippen molar-refractivity contribution < 1.29 is 13.6 Å². The first-order valence-corrected chi connectivity index (χ1v) is 6.32. The molecule has 0 fully saturated rings. The number of nitrogens with two attached hydrogens (primary N) is 1. The number of likely N-dealkylation sites (N-methyl/N-ethyl adjacent to an activating group) is 1. The summed E-state index contributed by atoms with van der Waals surface area (Å²) in [7, 11) is 1.42. The lowest BCUT2D eigenvalue weighted by molar-refractivity contribution is -0.116. The molecule has 0 spiro atoms. The van der Waals surface area contributed by atoms with E-state index >= 15 is 0 Å². The minimum atomic E-state index is -0.709. The normalized spacial score (nSPS) is 11.5. The van der Waals surface area contributed by atoms with Gasteiger partial charge in [-0.2, -0.15) is 0 Å². The minimum absolute atomic E-state index is 0.144. The zero-order valence-corrected chi connectivity index (χ0v) is 12.3. The molecule has 0 unspecified atom stereocenters. The molecule has 1 aromatic rings. The topological polar surface area (TPSA) is 58.4 Å².